The van der Waals surface area contributed by atoms with E-state index in [9.17, 15) is 0 Å². The SMILES string of the molecule is CC1(COCc2c(Cl)cccc2Cl)CCCCO1. The van der Waals surface area contributed by atoms with Gasteiger partial charge in [-0.2, -0.15) is 0 Å². The van der Waals surface area contributed by atoms with E-state index < -0.39 is 0 Å². The van der Waals surface area contributed by atoms with Gasteiger partial charge in [-0.3, -0.25) is 0 Å². The lowest BCUT2D eigenvalue weighted by Crippen LogP contribution is -2.37. The molecular weight excluding hydrogens is 271 g/mol. The molecule has 0 amide bonds. The molecule has 4 heteroatoms. The Morgan fingerprint density at radius 3 is 2.61 bits per heavy atom. The Kier molecular flexibility index (Phi) is 4.91. The molecule has 1 aliphatic heterocycles. The molecule has 1 aromatic rings. The predicted molar refractivity (Wildman–Crippen MR) is 74.3 cm³/mol. The molecule has 1 saturated heterocycles. The minimum absolute atomic E-state index is 0.161. The molecule has 1 aromatic carbocycles. The molecule has 2 nitrogen and oxygen atoms in total. The highest BCUT2D eigenvalue weighted by Gasteiger charge is 2.28. The summed E-state index contributed by atoms with van der Waals surface area (Å²) < 4.78 is 11.5. The second-order valence-electron chi connectivity index (χ2n) is 4.95. The van der Waals surface area contributed by atoms with E-state index in [1.807, 2.05) is 18.2 Å². The van der Waals surface area contributed by atoms with E-state index in [-0.39, 0.29) is 5.60 Å². The molecule has 0 bridgehead atoms. The van der Waals surface area contributed by atoms with E-state index >= 15 is 0 Å². The number of rotatable bonds is 4. The summed E-state index contributed by atoms with van der Waals surface area (Å²) in [5.74, 6) is 0. The summed E-state index contributed by atoms with van der Waals surface area (Å²) in [5, 5.41) is 1.30. The lowest BCUT2D eigenvalue weighted by molar-refractivity contribution is -0.114. The standard InChI is InChI=1S/C14H18Cl2O2/c1-14(7-2-3-8-18-14)10-17-9-11-12(15)5-4-6-13(11)16/h4-6H,2-3,7-10H2,1H3. The first-order valence-corrected chi connectivity index (χ1v) is 7.01. The van der Waals surface area contributed by atoms with Gasteiger partial charge >= 0.3 is 0 Å². The van der Waals surface area contributed by atoms with Crippen molar-refractivity contribution in [1.29, 1.82) is 0 Å². The van der Waals surface area contributed by atoms with Crippen molar-refractivity contribution >= 4 is 23.2 Å². The smallest absolute Gasteiger partial charge is 0.0887 e. The first kappa shape index (κ1) is 14.1. The molecule has 0 spiro atoms. The van der Waals surface area contributed by atoms with E-state index in [1.54, 1.807) is 0 Å². The fourth-order valence-electron chi connectivity index (χ4n) is 2.14. The van der Waals surface area contributed by atoms with E-state index in [1.165, 1.54) is 6.42 Å². The summed E-state index contributed by atoms with van der Waals surface area (Å²) in [6.45, 7) is 3.93. The topological polar surface area (TPSA) is 18.5 Å². The highest BCUT2D eigenvalue weighted by Crippen LogP contribution is 2.27. The molecule has 2 rings (SSSR count). The van der Waals surface area contributed by atoms with Crippen LogP contribution in [0.2, 0.25) is 10.0 Å². The number of ether oxygens (including phenoxy) is 2. The summed E-state index contributed by atoms with van der Waals surface area (Å²) >= 11 is 12.2. The number of hydrogen-bond donors (Lipinski definition) is 0. The lowest BCUT2D eigenvalue weighted by Gasteiger charge is -2.33. The average Bonchev–Trinajstić information content (AvgIpc) is 2.34. The van der Waals surface area contributed by atoms with Crippen molar-refractivity contribution in [1.82, 2.24) is 0 Å². The molecule has 1 atom stereocenters. The summed E-state index contributed by atoms with van der Waals surface area (Å²) in [6, 6.07) is 5.48. The van der Waals surface area contributed by atoms with Crippen molar-refractivity contribution in [2.45, 2.75) is 38.4 Å². The van der Waals surface area contributed by atoms with Gasteiger partial charge in [0.25, 0.3) is 0 Å². The Hall–Kier alpha value is -0.280. The van der Waals surface area contributed by atoms with E-state index in [4.69, 9.17) is 32.7 Å². The van der Waals surface area contributed by atoms with Crippen LogP contribution in [0.3, 0.4) is 0 Å². The van der Waals surface area contributed by atoms with Crippen LogP contribution in [0.4, 0.5) is 0 Å². The monoisotopic (exact) mass is 288 g/mol. The van der Waals surface area contributed by atoms with Crippen LogP contribution in [-0.2, 0) is 16.1 Å². The highest BCUT2D eigenvalue weighted by molar-refractivity contribution is 6.35. The quantitative estimate of drug-likeness (QED) is 0.814. The molecular formula is C14H18Cl2O2. The first-order chi connectivity index (χ1) is 8.61. The third-order valence-electron chi connectivity index (χ3n) is 3.27. The third kappa shape index (κ3) is 3.61. The predicted octanol–water partition coefficient (Wildman–Crippen LogP) is 4.47. The van der Waals surface area contributed by atoms with E-state index in [2.05, 4.69) is 6.92 Å². The Morgan fingerprint density at radius 2 is 2.00 bits per heavy atom. The van der Waals surface area contributed by atoms with Crippen molar-refractivity contribution in [3.05, 3.63) is 33.8 Å². The normalized spacial score (nSPS) is 24.2. The first-order valence-electron chi connectivity index (χ1n) is 6.25. The van der Waals surface area contributed by atoms with Crippen molar-refractivity contribution in [2.24, 2.45) is 0 Å². The molecule has 1 aliphatic rings. The average molecular weight is 289 g/mol. The van der Waals surface area contributed by atoms with Crippen LogP contribution < -0.4 is 0 Å². The summed E-state index contributed by atoms with van der Waals surface area (Å²) in [6.07, 6.45) is 3.39. The molecule has 0 saturated carbocycles. The summed E-state index contributed by atoms with van der Waals surface area (Å²) in [5.41, 5.74) is 0.687. The van der Waals surface area contributed by atoms with Gasteiger partial charge in [-0.25, -0.2) is 0 Å². The van der Waals surface area contributed by atoms with Gasteiger partial charge < -0.3 is 9.47 Å². The Morgan fingerprint density at radius 1 is 1.28 bits per heavy atom. The van der Waals surface area contributed by atoms with Gasteiger partial charge in [0, 0.05) is 22.2 Å². The number of halogens is 2. The van der Waals surface area contributed by atoms with Gasteiger partial charge in [0.2, 0.25) is 0 Å². The molecule has 0 N–H and O–H groups in total. The van der Waals surface area contributed by atoms with Crippen LogP contribution in [0.25, 0.3) is 0 Å². The fraction of sp³-hybridized carbons (Fsp3) is 0.571. The van der Waals surface area contributed by atoms with Gasteiger partial charge in [-0.15, -0.1) is 0 Å². The molecule has 1 heterocycles. The van der Waals surface area contributed by atoms with Crippen LogP contribution in [0.5, 0.6) is 0 Å². The van der Waals surface area contributed by atoms with Crippen LogP contribution in [-0.4, -0.2) is 18.8 Å². The zero-order valence-electron chi connectivity index (χ0n) is 10.5. The van der Waals surface area contributed by atoms with Crippen LogP contribution in [0.1, 0.15) is 31.7 Å². The van der Waals surface area contributed by atoms with Gasteiger partial charge in [0.05, 0.1) is 18.8 Å². The summed E-state index contributed by atoms with van der Waals surface area (Å²) in [4.78, 5) is 0. The number of benzene rings is 1. The lowest BCUT2D eigenvalue weighted by atomic mass is 9.97. The van der Waals surface area contributed by atoms with Gasteiger partial charge in [-0.1, -0.05) is 29.3 Å². The van der Waals surface area contributed by atoms with Crippen molar-refractivity contribution in [3.8, 4) is 0 Å². The van der Waals surface area contributed by atoms with E-state index in [0.29, 0.717) is 23.3 Å². The molecule has 0 radical (unpaired) electrons. The Balaban J connectivity index is 1.88. The van der Waals surface area contributed by atoms with Gasteiger partial charge in [0.15, 0.2) is 0 Å². The summed E-state index contributed by atoms with van der Waals surface area (Å²) in [7, 11) is 0. The minimum Gasteiger partial charge on any atom is -0.374 e. The molecule has 18 heavy (non-hydrogen) atoms. The Bertz CT molecular complexity index is 381. The van der Waals surface area contributed by atoms with Crippen LogP contribution in [0, 0.1) is 0 Å². The van der Waals surface area contributed by atoms with Crippen molar-refractivity contribution in [3.63, 3.8) is 0 Å². The zero-order valence-corrected chi connectivity index (χ0v) is 12.1. The second kappa shape index (κ2) is 6.25. The van der Waals surface area contributed by atoms with E-state index in [0.717, 1.165) is 25.0 Å². The van der Waals surface area contributed by atoms with Crippen LogP contribution >= 0.6 is 23.2 Å². The third-order valence-corrected chi connectivity index (χ3v) is 3.97. The zero-order chi connectivity index (χ0) is 13.0. The van der Waals surface area contributed by atoms with Gasteiger partial charge in [-0.05, 0) is 38.3 Å². The minimum atomic E-state index is -0.161. The maximum Gasteiger partial charge on any atom is 0.0887 e. The molecule has 1 unspecified atom stereocenters. The van der Waals surface area contributed by atoms with Crippen molar-refractivity contribution < 1.29 is 9.47 Å². The fourth-order valence-corrected chi connectivity index (χ4v) is 2.65. The second-order valence-corrected chi connectivity index (χ2v) is 5.76. The molecule has 1 fully saturated rings. The van der Waals surface area contributed by atoms with Gasteiger partial charge in [0.1, 0.15) is 0 Å². The maximum absolute atomic E-state index is 6.09. The van der Waals surface area contributed by atoms with Crippen molar-refractivity contribution in [2.75, 3.05) is 13.2 Å². The largest absolute Gasteiger partial charge is 0.374 e. The molecule has 100 valence electrons. The Labute approximate surface area is 118 Å². The maximum atomic E-state index is 6.09. The molecule has 0 aliphatic carbocycles. The highest BCUT2D eigenvalue weighted by atomic mass is 35.5. The van der Waals surface area contributed by atoms with Crippen LogP contribution in [0.15, 0.2) is 18.2 Å². The number of hydrogen-bond acceptors (Lipinski definition) is 2. The molecule has 0 aromatic heterocycles.